The van der Waals surface area contributed by atoms with Crippen LogP contribution in [0.1, 0.15) is 0 Å². The molecule has 0 bridgehead atoms. The summed E-state index contributed by atoms with van der Waals surface area (Å²) >= 11 is 0. The number of para-hydroxylation sites is 4. The Kier molecular flexibility index (Phi) is 5.43. The minimum atomic E-state index is 0.576. The molecule has 0 N–H and O–H groups in total. The predicted molar refractivity (Wildman–Crippen MR) is 179 cm³/mol. The van der Waals surface area contributed by atoms with Crippen molar-refractivity contribution in [3.05, 3.63) is 152 Å². The Balaban J connectivity index is 1.41. The summed E-state index contributed by atoms with van der Waals surface area (Å²) in [6, 6.07) is 52.5. The van der Waals surface area contributed by atoms with E-state index >= 15 is 0 Å². The molecule has 0 fully saturated rings. The Bertz CT molecular complexity index is 2270. The number of hydrogen-bond acceptors (Lipinski definition) is 3. The van der Waals surface area contributed by atoms with E-state index < -0.39 is 0 Å². The van der Waals surface area contributed by atoms with Crippen LogP contribution in [0.3, 0.4) is 0 Å². The van der Waals surface area contributed by atoms with Crippen molar-refractivity contribution in [1.82, 2.24) is 24.1 Å². The van der Waals surface area contributed by atoms with E-state index in [1.807, 2.05) is 12.1 Å². The van der Waals surface area contributed by atoms with E-state index in [9.17, 15) is 0 Å². The van der Waals surface area contributed by atoms with E-state index in [4.69, 9.17) is 15.0 Å². The molecule has 0 aliphatic carbocycles. The first-order valence-corrected chi connectivity index (χ1v) is 14.7. The maximum absolute atomic E-state index is 5.25. The molecule has 0 unspecified atom stereocenters. The van der Waals surface area contributed by atoms with E-state index in [1.54, 1.807) is 0 Å². The van der Waals surface area contributed by atoms with Crippen LogP contribution in [-0.2, 0) is 0 Å². The zero-order valence-electron chi connectivity index (χ0n) is 23.7. The van der Waals surface area contributed by atoms with Crippen LogP contribution in [0.5, 0.6) is 0 Å². The second kappa shape index (κ2) is 9.75. The highest BCUT2D eigenvalue weighted by molar-refractivity contribution is 6.10. The molecule has 5 heteroatoms. The van der Waals surface area contributed by atoms with Crippen LogP contribution in [0.2, 0.25) is 0 Å². The van der Waals surface area contributed by atoms with Gasteiger partial charge >= 0.3 is 0 Å². The molecular weight excluding hydrogens is 538 g/mol. The quantitative estimate of drug-likeness (QED) is 0.214. The summed E-state index contributed by atoms with van der Waals surface area (Å²) in [7, 11) is 0. The van der Waals surface area contributed by atoms with Crippen LogP contribution in [0.4, 0.5) is 0 Å². The molecule has 3 aromatic heterocycles. The summed E-state index contributed by atoms with van der Waals surface area (Å²) < 4.78 is 4.33. The monoisotopic (exact) mass is 563 g/mol. The summed E-state index contributed by atoms with van der Waals surface area (Å²) in [4.78, 5) is 15.7. The van der Waals surface area contributed by atoms with Crippen LogP contribution >= 0.6 is 0 Å². The van der Waals surface area contributed by atoms with Gasteiger partial charge in [0, 0.05) is 27.1 Å². The lowest BCUT2D eigenvalue weighted by Gasteiger charge is -2.14. The van der Waals surface area contributed by atoms with Gasteiger partial charge in [-0.25, -0.2) is 0 Å². The molecular formula is C39H25N5. The lowest BCUT2D eigenvalue weighted by molar-refractivity contribution is 0.893. The fourth-order valence-electron chi connectivity index (χ4n) is 6.50. The highest BCUT2D eigenvalue weighted by atomic mass is 15.3. The maximum atomic E-state index is 5.25. The fraction of sp³-hybridized carbons (Fsp3) is 0. The first-order chi connectivity index (χ1) is 21.8. The Morgan fingerprint density at radius 2 is 0.682 bits per heavy atom. The van der Waals surface area contributed by atoms with Gasteiger partial charge in [0.1, 0.15) is 0 Å². The van der Waals surface area contributed by atoms with Crippen molar-refractivity contribution in [3.8, 4) is 34.4 Å². The number of hydrogen-bond donors (Lipinski definition) is 0. The van der Waals surface area contributed by atoms with E-state index in [0.717, 1.165) is 60.3 Å². The van der Waals surface area contributed by atoms with Gasteiger partial charge in [-0.3, -0.25) is 9.13 Å². The van der Waals surface area contributed by atoms with Crippen molar-refractivity contribution in [2.75, 3.05) is 0 Å². The molecule has 0 aliphatic rings. The van der Waals surface area contributed by atoms with Gasteiger partial charge in [0.25, 0.3) is 0 Å². The molecule has 0 saturated heterocycles. The van der Waals surface area contributed by atoms with Crippen molar-refractivity contribution in [2.45, 2.75) is 0 Å². The summed E-state index contributed by atoms with van der Waals surface area (Å²) in [6.45, 7) is 0. The molecule has 6 aromatic carbocycles. The third kappa shape index (κ3) is 3.69. The van der Waals surface area contributed by atoms with Crippen LogP contribution in [-0.4, -0.2) is 24.1 Å². The van der Waals surface area contributed by atoms with Crippen LogP contribution in [0.25, 0.3) is 78.0 Å². The number of rotatable bonds is 4. The van der Waals surface area contributed by atoms with Gasteiger partial charge in [0.2, 0.25) is 11.9 Å². The van der Waals surface area contributed by atoms with Crippen LogP contribution in [0.15, 0.2) is 152 Å². The summed E-state index contributed by atoms with van der Waals surface area (Å²) in [5.74, 6) is 1.77. The third-order valence-corrected chi connectivity index (χ3v) is 8.42. The van der Waals surface area contributed by atoms with E-state index in [1.165, 1.54) is 0 Å². The molecule has 206 valence electrons. The minimum Gasteiger partial charge on any atom is -0.278 e. The van der Waals surface area contributed by atoms with Gasteiger partial charge in [-0.05, 0) is 35.4 Å². The van der Waals surface area contributed by atoms with Gasteiger partial charge in [0.15, 0.2) is 5.82 Å². The number of benzene rings is 6. The minimum absolute atomic E-state index is 0.576. The van der Waals surface area contributed by atoms with E-state index in [0.29, 0.717) is 17.7 Å². The Morgan fingerprint density at radius 3 is 1.14 bits per heavy atom. The van der Waals surface area contributed by atoms with Crippen molar-refractivity contribution < 1.29 is 0 Å². The Labute approximate surface area is 253 Å². The van der Waals surface area contributed by atoms with Gasteiger partial charge in [-0.15, -0.1) is 0 Å². The van der Waals surface area contributed by atoms with Crippen molar-refractivity contribution in [1.29, 1.82) is 0 Å². The van der Waals surface area contributed by atoms with E-state index in [-0.39, 0.29) is 0 Å². The molecule has 0 aliphatic heterocycles. The molecule has 44 heavy (non-hydrogen) atoms. The molecule has 0 atom stereocenters. The largest absolute Gasteiger partial charge is 0.278 e. The lowest BCUT2D eigenvalue weighted by Crippen LogP contribution is -2.10. The first-order valence-electron chi connectivity index (χ1n) is 14.7. The molecule has 9 aromatic rings. The number of aromatic nitrogens is 5. The van der Waals surface area contributed by atoms with E-state index in [2.05, 4.69) is 149 Å². The van der Waals surface area contributed by atoms with Gasteiger partial charge in [-0.2, -0.15) is 15.0 Å². The average Bonchev–Trinajstić information content (AvgIpc) is 3.62. The SMILES string of the molecule is c1ccc(-c2ccccc2-c2nc(-n3c4ccccc4c4ccccc43)nc(-n3c4ccccc4c4ccccc43)n2)cc1. The van der Waals surface area contributed by atoms with Gasteiger partial charge in [0.05, 0.1) is 22.1 Å². The molecule has 5 nitrogen and oxygen atoms in total. The third-order valence-electron chi connectivity index (χ3n) is 8.42. The Hall–Kier alpha value is -6.07. The topological polar surface area (TPSA) is 48.5 Å². The maximum Gasteiger partial charge on any atom is 0.240 e. The average molecular weight is 564 g/mol. The molecule has 9 rings (SSSR count). The molecule has 3 heterocycles. The number of nitrogens with zero attached hydrogens (tertiary/aromatic N) is 5. The molecule has 0 amide bonds. The van der Waals surface area contributed by atoms with Gasteiger partial charge < -0.3 is 0 Å². The normalized spacial score (nSPS) is 11.6. The van der Waals surface area contributed by atoms with Crippen molar-refractivity contribution >= 4 is 43.6 Å². The zero-order chi connectivity index (χ0) is 29.0. The van der Waals surface area contributed by atoms with Gasteiger partial charge in [-0.1, -0.05) is 127 Å². The highest BCUT2D eigenvalue weighted by Gasteiger charge is 2.21. The van der Waals surface area contributed by atoms with Crippen LogP contribution < -0.4 is 0 Å². The van der Waals surface area contributed by atoms with Crippen molar-refractivity contribution in [3.63, 3.8) is 0 Å². The fourth-order valence-corrected chi connectivity index (χ4v) is 6.50. The predicted octanol–water partition coefficient (Wildman–Crippen LogP) is 9.40. The smallest absolute Gasteiger partial charge is 0.240 e. The summed E-state index contributed by atoms with van der Waals surface area (Å²) in [5, 5.41) is 4.64. The standard InChI is InChI=1S/C39H25N5/c1-2-14-26(15-3-1)27-16-4-5-21-32(27)37-40-38(43-33-22-10-6-17-28(33)29-18-7-11-23-34(29)43)42-39(41-37)44-35-24-12-8-19-30(35)31-20-9-13-25-36(31)44/h1-25H. The lowest BCUT2D eigenvalue weighted by atomic mass is 9.99. The van der Waals surface area contributed by atoms with Crippen molar-refractivity contribution in [2.24, 2.45) is 0 Å². The summed E-state index contributed by atoms with van der Waals surface area (Å²) in [5.41, 5.74) is 7.34. The molecule has 0 radical (unpaired) electrons. The molecule has 0 spiro atoms. The second-order valence-electron chi connectivity index (χ2n) is 10.9. The zero-order valence-corrected chi connectivity index (χ0v) is 23.7. The summed E-state index contributed by atoms with van der Waals surface area (Å²) in [6.07, 6.45) is 0. The number of fused-ring (bicyclic) bond motifs is 6. The molecule has 0 saturated carbocycles. The van der Waals surface area contributed by atoms with Crippen LogP contribution in [0, 0.1) is 0 Å². The Morgan fingerprint density at radius 1 is 0.318 bits per heavy atom. The highest BCUT2D eigenvalue weighted by Crippen LogP contribution is 2.36. The second-order valence-corrected chi connectivity index (χ2v) is 10.9. The first kappa shape index (κ1) is 24.5.